The molecule has 1 N–H and O–H groups in total. The van der Waals surface area contributed by atoms with Gasteiger partial charge in [0, 0.05) is 43.9 Å². The lowest BCUT2D eigenvalue weighted by Gasteiger charge is -2.30. The number of likely N-dealkylation sites (N-methyl/N-ethyl adjacent to an activating group) is 1. The van der Waals surface area contributed by atoms with E-state index in [-0.39, 0.29) is 17.6 Å². The molecule has 1 aliphatic heterocycles. The van der Waals surface area contributed by atoms with Crippen molar-refractivity contribution in [2.24, 2.45) is 0 Å². The van der Waals surface area contributed by atoms with Gasteiger partial charge in [-0.1, -0.05) is 6.07 Å². The molecule has 1 fully saturated rings. The quantitative estimate of drug-likeness (QED) is 0.652. The minimum atomic E-state index is -0.415. The summed E-state index contributed by atoms with van der Waals surface area (Å²) >= 11 is 0. The van der Waals surface area contributed by atoms with Gasteiger partial charge in [0.25, 0.3) is 5.69 Å². The van der Waals surface area contributed by atoms with Crippen molar-refractivity contribution in [2.45, 2.75) is 18.9 Å². The number of nitrogens with zero attached hydrogens (tertiary/aromatic N) is 2. The number of nitro groups is 1. The van der Waals surface area contributed by atoms with Crippen molar-refractivity contribution in [3.63, 3.8) is 0 Å². The maximum absolute atomic E-state index is 11.3. The summed E-state index contributed by atoms with van der Waals surface area (Å²) in [7, 11) is 1.77. The number of likely N-dealkylation sites (tertiary alicyclic amines) is 1. The van der Waals surface area contributed by atoms with Gasteiger partial charge in [-0.3, -0.25) is 14.9 Å². The summed E-state index contributed by atoms with van der Waals surface area (Å²) < 4.78 is 0. The predicted molar refractivity (Wildman–Crippen MR) is 67.4 cm³/mol. The first-order valence-electron chi connectivity index (χ1n) is 5.81. The normalized spacial score (nSPS) is 19.7. The largest absolute Gasteiger partial charge is 0.380 e. The van der Waals surface area contributed by atoms with Crippen LogP contribution in [0, 0.1) is 10.1 Å². The first-order chi connectivity index (χ1) is 8.56. The monoisotopic (exact) mass is 249 g/mol. The van der Waals surface area contributed by atoms with E-state index in [0.717, 1.165) is 12.1 Å². The Balaban J connectivity index is 2.03. The van der Waals surface area contributed by atoms with Crippen molar-refractivity contribution in [1.82, 2.24) is 4.90 Å². The second-order valence-corrected chi connectivity index (χ2v) is 4.46. The molecule has 1 unspecified atom stereocenters. The summed E-state index contributed by atoms with van der Waals surface area (Å²) in [6.07, 6.45) is 1.27. The number of nitrogens with one attached hydrogen (secondary N) is 1. The van der Waals surface area contributed by atoms with Gasteiger partial charge in [0.15, 0.2) is 0 Å². The summed E-state index contributed by atoms with van der Waals surface area (Å²) in [5.74, 6) is 0.145. The number of benzene rings is 1. The summed E-state index contributed by atoms with van der Waals surface area (Å²) in [5.41, 5.74) is 0.789. The van der Waals surface area contributed by atoms with Crippen LogP contribution in [-0.4, -0.2) is 35.4 Å². The van der Waals surface area contributed by atoms with Gasteiger partial charge in [0.05, 0.1) is 4.92 Å². The van der Waals surface area contributed by atoms with Gasteiger partial charge in [-0.05, 0) is 12.5 Å². The van der Waals surface area contributed by atoms with E-state index in [2.05, 4.69) is 5.32 Å². The first kappa shape index (κ1) is 12.3. The zero-order chi connectivity index (χ0) is 13.1. The molecule has 0 spiro atoms. The number of piperidine rings is 1. The standard InChI is InChI=1S/C12H15N3O3/c1-14-8-10(5-6-12(14)16)13-9-3-2-4-11(7-9)15(17)18/h2-4,7,10,13H,5-6,8H2,1H3. The van der Waals surface area contributed by atoms with E-state index < -0.39 is 4.92 Å². The molecule has 18 heavy (non-hydrogen) atoms. The van der Waals surface area contributed by atoms with Crippen LogP contribution in [0.5, 0.6) is 0 Å². The number of hydrogen-bond acceptors (Lipinski definition) is 4. The molecule has 0 saturated carbocycles. The molecule has 1 amide bonds. The maximum Gasteiger partial charge on any atom is 0.271 e. The van der Waals surface area contributed by atoms with Crippen LogP contribution >= 0.6 is 0 Å². The molecule has 1 aromatic rings. The third-order valence-electron chi connectivity index (χ3n) is 3.05. The van der Waals surface area contributed by atoms with Crippen LogP contribution in [-0.2, 0) is 4.79 Å². The van der Waals surface area contributed by atoms with Crippen molar-refractivity contribution in [3.8, 4) is 0 Å². The number of carbonyl (C=O) groups is 1. The lowest BCUT2D eigenvalue weighted by atomic mass is 10.1. The van der Waals surface area contributed by atoms with Gasteiger partial charge in [0.2, 0.25) is 5.91 Å². The number of anilines is 1. The average molecular weight is 249 g/mol. The van der Waals surface area contributed by atoms with E-state index in [1.54, 1.807) is 24.1 Å². The van der Waals surface area contributed by atoms with Crippen LogP contribution in [0.25, 0.3) is 0 Å². The maximum atomic E-state index is 11.3. The number of non-ortho nitro benzene ring substituents is 1. The molecule has 0 bridgehead atoms. The van der Waals surface area contributed by atoms with Crippen LogP contribution in [0.4, 0.5) is 11.4 Å². The Morgan fingerprint density at radius 2 is 2.28 bits per heavy atom. The summed E-state index contributed by atoms with van der Waals surface area (Å²) in [6, 6.07) is 6.56. The Kier molecular flexibility index (Phi) is 3.45. The highest BCUT2D eigenvalue weighted by Gasteiger charge is 2.22. The highest BCUT2D eigenvalue weighted by Crippen LogP contribution is 2.20. The lowest BCUT2D eigenvalue weighted by molar-refractivity contribution is -0.384. The minimum Gasteiger partial charge on any atom is -0.380 e. The highest BCUT2D eigenvalue weighted by molar-refractivity contribution is 5.77. The molecule has 0 radical (unpaired) electrons. The van der Waals surface area contributed by atoms with Gasteiger partial charge in [0.1, 0.15) is 0 Å². The smallest absolute Gasteiger partial charge is 0.271 e. The molecule has 1 heterocycles. The third kappa shape index (κ3) is 2.77. The SMILES string of the molecule is CN1CC(Nc2cccc([N+](=O)[O-])c2)CCC1=O. The molecule has 1 saturated heterocycles. The Morgan fingerprint density at radius 3 is 2.94 bits per heavy atom. The Hall–Kier alpha value is -2.11. The number of carbonyl (C=O) groups excluding carboxylic acids is 1. The van der Waals surface area contributed by atoms with E-state index >= 15 is 0 Å². The molecule has 1 aliphatic rings. The van der Waals surface area contributed by atoms with E-state index in [9.17, 15) is 14.9 Å². The van der Waals surface area contributed by atoms with Gasteiger partial charge >= 0.3 is 0 Å². The van der Waals surface area contributed by atoms with E-state index in [1.807, 2.05) is 0 Å². The summed E-state index contributed by atoms with van der Waals surface area (Å²) in [5, 5.41) is 13.9. The highest BCUT2D eigenvalue weighted by atomic mass is 16.6. The molecule has 0 aromatic heterocycles. The lowest BCUT2D eigenvalue weighted by Crippen LogP contribution is -2.43. The number of amides is 1. The second kappa shape index (κ2) is 5.03. The Labute approximate surface area is 105 Å². The number of nitro benzene ring substituents is 1. The molecule has 1 atom stereocenters. The molecule has 2 rings (SSSR count). The molecule has 6 nitrogen and oxygen atoms in total. The fraction of sp³-hybridized carbons (Fsp3) is 0.417. The summed E-state index contributed by atoms with van der Waals surface area (Å²) in [6.45, 7) is 0.627. The van der Waals surface area contributed by atoms with Gasteiger partial charge in [-0.2, -0.15) is 0 Å². The Morgan fingerprint density at radius 1 is 1.50 bits per heavy atom. The van der Waals surface area contributed by atoms with Crippen LogP contribution in [0.3, 0.4) is 0 Å². The topological polar surface area (TPSA) is 75.5 Å². The van der Waals surface area contributed by atoms with Crippen molar-refractivity contribution in [1.29, 1.82) is 0 Å². The predicted octanol–water partition coefficient (Wildman–Crippen LogP) is 1.63. The molecule has 96 valence electrons. The second-order valence-electron chi connectivity index (χ2n) is 4.46. The van der Waals surface area contributed by atoms with Crippen molar-refractivity contribution >= 4 is 17.3 Å². The molecular formula is C12H15N3O3. The molecule has 1 aromatic carbocycles. The minimum absolute atomic E-state index is 0.0697. The van der Waals surface area contributed by atoms with Crippen LogP contribution in [0.15, 0.2) is 24.3 Å². The number of hydrogen-bond donors (Lipinski definition) is 1. The van der Waals surface area contributed by atoms with E-state index in [4.69, 9.17) is 0 Å². The third-order valence-corrected chi connectivity index (χ3v) is 3.05. The van der Waals surface area contributed by atoms with Crippen LogP contribution in [0.2, 0.25) is 0 Å². The van der Waals surface area contributed by atoms with E-state index in [1.165, 1.54) is 12.1 Å². The average Bonchev–Trinajstić information content (AvgIpc) is 2.34. The molecule has 6 heteroatoms. The van der Waals surface area contributed by atoms with Crippen LogP contribution in [0.1, 0.15) is 12.8 Å². The molecule has 0 aliphatic carbocycles. The van der Waals surface area contributed by atoms with Gasteiger partial charge in [-0.15, -0.1) is 0 Å². The van der Waals surface area contributed by atoms with Crippen LogP contribution < -0.4 is 5.32 Å². The number of rotatable bonds is 3. The fourth-order valence-corrected chi connectivity index (χ4v) is 2.08. The summed E-state index contributed by atoms with van der Waals surface area (Å²) in [4.78, 5) is 23.3. The van der Waals surface area contributed by atoms with E-state index in [0.29, 0.717) is 13.0 Å². The molecular weight excluding hydrogens is 234 g/mol. The zero-order valence-corrected chi connectivity index (χ0v) is 10.1. The van der Waals surface area contributed by atoms with Crippen molar-refractivity contribution < 1.29 is 9.72 Å². The first-order valence-corrected chi connectivity index (χ1v) is 5.81. The van der Waals surface area contributed by atoms with Gasteiger partial charge < -0.3 is 10.2 Å². The van der Waals surface area contributed by atoms with Crippen molar-refractivity contribution in [2.75, 3.05) is 18.9 Å². The van der Waals surface area contributed by atoms with Gasteiger partial charge in [-0.25, -0.2) is 0 Å². The zero-order valence-electron chi connectivity index (χ0n) is 10.1. The van der Waals surface area contributed by atoms with Crippen molar-refractivity contribution in [3.05, 3.63) is 34.4 Å². The Bertz CT molecular complexity index is 475. The fourth-order valence-electron chi connectivity index (χ4n) is 2.08.